The van der Waals surface area contributed by atoms with Crippen molar-refractivity contribution < 1.29 is 13.6 Å². The van der Waals surface area contributed by atoms with Gasteiger partial charge in [-0.25, -0.2) is 8.78 Å². The summed E-state index contributed by atoms with van der Waals surface area (Å²) in [6, 6.07) is 3.44. The molecule has 0 saturated heterocycles. The predicted molar refractivity (Wildman–Crippen MR) is 79.8 cm³/mol. The van der Waals surface area contributed by atoms with E-state index in [0.29, 0.717) is 10.6 Å². The van der Waals surface area contributed by atoms with Crippen LogP contribution in [0.25, 0.3) is 0 Å². The van der Waals surface area contributed by atoms with Gasteiger partial charge in [-0.05, 0) is 43.4 Å². The zero-order chi connectivity index (χ0) is 15.0. The molecule has 5 heteroatoms. The molecule has 0 fully saturated rings. The van der Waals surface area contributed by atoms with Gasteiger partial charge in [0.2, 0.25) is 5.78 Å². The number of rotatable bonds is 2. The van der Waals surface area contributed by atoms with Crippen LogP contribution in [0.1, 0.15) is 45.6 Å². The van der Waals surface area contributed by atoms with Crippen LogP contribution in [0.2, 0.25) is 0 Å². The van der Waals surface area contributed by atoms with E-state index in [9.17, 15) is 13.6 Å². The molecule has 0 amide bonds. The molecule has 2 N–H and O–H groups in total. The van der Waals surface area contributed by atoms with Gasteiger partial charge in [0, 0.05) is 4.88 Å². The van der Waals surface area contributed by atoms with Gasteiger partial charge >= 0.3 is 0 Å². The number of halogens is 2. The number of hydrogen-bond acceptors (Lipinski definition) is 3. The molecular formula is C16H15F2NOS. The minimum Gasteiger partial charge on any atom is -0.390 e. The maximum Gasteiger partial charge on any atom is 0.202 e. The fraction of sp³-hybridized carbons (Fsp3) is 0.312. The molecule has 0 saturated carbocycles. The van der Waals surface area contributed by atoms with Crippen LogP contribution in [0.5, 0.6) is 0 Å². The number of carbonyl (C=O) groups is 1. The predicted octanol–water partition coefficient (Wildman–Crippen LogP) is 4.11. The Labute approximate surface area is 125 Å². The Balaban J connectivity index is 2.12. The maximum atomic E-state index is 13.8. The standard InChI is InChI=1S/C16H15F2NOS/c17-10-6-4-7-11(18)14(10)15(20)13-9-5-2-1-3-8-12(9)21-16(13)19/h4,6-7H,1-3,5,8,19H2. The van der Waals surface area contributed by atoms with E-state index in [1.54, 1.807) is 0 Å². The van der Waals surface area contributed by atoms with Gasteiger partial charge in [0.25, 0.3) is 0 Å². The smallest absolute Gasteiger partial charge is 0.202 e. The number of benzene rings is 1. The third-order valence-corrected chi connectivity index (χ3v) is 4.99. The molecule has 1 aromatic heterocycles. The maximum absolute atomic E-state index is 13.8. The fourth-order valence-corrected chi connectivity index (χ4v) is 4.01. The molecule has 3 rings (SSSR count). The van der Waals surface area contributed by atoms with E-state index in [1.807, 2.05) is 0 Å². The van der Waals surface area contributed by atoms with Crippen LogP contribution >= 0.6 is 11.3 Å². The molecule has 0 aliphatic heterocycles. The van der Waals surface area contributed by atoms with E-state index < -0.39 is 23.0 Å². The Morgan fingerprint density at radius 2 is 1.71 bits per heavy atom. The summed E-state index contributed by atoms with van der Waals surface area (Å²) in [5, 5.41) is 0.370. The van der Waals surface area contributed by atoms with Gasteiger partial charge in [0.15, 0.2) is 0 Å². The number of ketones is 1. The number of aryl methyl sites for hydroxylation is 1. The first-order chi connectivity index (χ1) is 10.1. The normalized spacial score (nSPS) is 14.6. The molecule has 21 heavy (non-hydrogen) atoms. The minimum absolute atomic E-state index is 0.306. The lowest BCUT2D eigenvalue weighted by Crippen LogP contribution is -2.11. The van der Waals surface area contributed by atoms with Crippen LogP contribution in [0, 0.1) is 11.6 Å². The summed E-state index contributed by atoms with van der Waals surface area (Å²) in [5.74, 6) is -2.32. The summed E-state index contributed by atoms with van der Waals surface area (Å²) >= 11 is 1.38. The fourth-order valence-electron chi connectivity index (χ4n) is 2.85. The molecule has 1 aliphatic carbocycles. The van der Waals surface area contributed by atoms with Crippen molar-refractivity contribution in [1.29, 1.82) is 0 Å². The van der Waals surface area contributed by atoms with E-state index in [-0.39, 0.29) is 0 Å². The van der Waals surface area contributed by atoms with Crippen molar-refractivity contribution in [2.24, 2.45) is 0 Å². The van der Waals surface area contributed by atoms with Crippen molar-refractivity contribution in [2.75, 3.05) is 5.73 Å². The molecule has 110 valence electrons. The second kappa shape index (κ2) is 5.56. The second-order valence-electron chi connectivity index (χ2n) is 5.23. The number of thiophene rings is 1. The van der Waals surface area contributed by atoms with Crippen LogP contribution in [0.3, 0.4) is 0 Å². The summed E-state index contributed by atoms with van der Waals surface area (Å²) in [4.78, 5) is 13.7. The Bertz CT molecular complexity index is 688. The van der Waals surface area contributed by atoms with Crippen LogP contribution < -0.4 is 5.73 Å². The van der Waals surface area contributed by atoms with E-state index in [1.165, 1.54) is 17.4 Å². The molecule has 1 aromatic carbocycles. The highest BCUT2D eigenvalue weighted by Crippen LogP contribution is 2.37. The number of anilines is 1. The second-order valence-corrected chi connectivity index (χ2v) is 6.37. The third-order valence-electron chi connectivity index (χ3n) is 3.87. The van der Waals surface area contributed by atoms with Crippen molar-refractivity contribution in [1.82, 2.24) is 0 Å². The third kappa shape index (κ3) is 2.46. The lowest BCUT2D eigenvalue weighted by atomic mass is 9.97. The monoisotopic (exact) mass is 307 g/mol. The molecule has 0 bridgehead atoms. The molecule has 2 nitrogen and oxygen atoms in total. The first-order valence-corrected chi connectivity index (χ1v) is 7.80. The van der Waals surface area contributed by atoms with Gasteiger partial charge < -0.3 is 5.73 Å². The summed E-state index contributed by atoms with van der Waals surface area (Å²) in [6.45, 7) is 0. The van der Waals surface area contributed by atoms with Crippen molar-refractivity contribution in [2.45, 2.75) is 32.1 Å². The van der Waals surface area contributed by atoms with Gasteiger partial charge in [-0.1, -0.05) is 12.5 Å². The Morgan fingerprint density at radius 1 is 1.05 bits per heavy atom. The Morgan fingerprint density at radius 3 is 2.43 bits per heavy atom. The summed E-state index contributed by atoms with van der Waals surface area (Å²) in [6.07, 6.45) is 4.78. The molecular weight excluding hydrogens is 292 g/mol. The zero-order valence-electron chi connectivity index (χ0n) is 11.4. The average Bonchev–Trinajstić information content (AvgIpc) is 2.59. The van der Waals surface area contributed by atoms with Gasteiger partial charge in [0.05, 0.1) is 16.1 Å². The van der Waals surface area contributed by atoms with Gasteiger partial charge in [-0.3, -0.25) is 4.79 Å². The molecule has 1 aliphatic rings. The molecule has 0 unspecified atom stereocenters. The lowest BCUT2D eigenvalue weighted by Gasteiger charge is -2.07. The topological polar surface area (TPSA) is 43.1 Å². The van der Waals surface area contributed by atoms with Crippen molar-refractivity contribution in [3.05, 3.63) is 51.4 Å². The summed E-state index contributed by atoms with van der Waals surface area (Å²) in [7, 11) is 0. The van der Waals surface area contributed by atoms with Crippen molar-refractivity contribution >= 4 is 22.1 Å². The lowest BCUT2D eigenvalue weighted by molar-refractivity contribution is 0.103. The van der Waals surface area contributed by atoms with E-state index in [2.05, 4.69) is 0 Å². The van der Waals surface area contributed by atoms with Crippen LogP contribution in [-0.4, -0.2) is 5.78 Å². The highest BCUT2D eigenvalue weighted by Gasteiger charge is 2.27. The van der Waals surface area contributed by atoms with E-state index in [0.717, 1.165) is 54.7 Å². The highest BCUT2D eigenvalue weighted by molar-refractivity contribution is 7.16. The summed E-state index contributed by atoms with van der Waals surface area (Å²) in [5.41, 5.74) is 6.66. The number of fused-ring (bicyclic) bond motifs is 1. The van der Waals surface area contributed by atoms with E-state index in [4.69, 9.17) is 5.73 Å². The van der Waals surface area contributed by atoms with Crippen molar-refractivity contribution in [3.63, 3.8) is 0 Å². The van der Waals surface area contributed by atoms with Crippen LogP contribution in [-0.2, 0) is 12.8 Å². The highest BCUT2D eigenvalue weighted by atomic mass is 32.1. The Hall–Kier alpha value is -1.75. The van der Waals surface area contributed by atoms with E-state index >= 15 is 0 Å². The quantitative estimate of drug-likeness (QED) is 0.670. The van der Waals surface area contributed by atoms with Crippen LogP contribution in [0.4, 0.5) is 13.8 Å². The number of carbonyl (C=O) groups excluding carboxylic acids is 1. The minimum atomic E-state index is -0.840. The SMILES string of the molecule is Nc1sc2c(c1C(=O)c1c(F)cccc1F)CCCCC2. The van der Waals surface area contributed by atoms with Gasteiger partial charge in [0.1, 0.15) is 11.6 Å². The van der Waals surface area contributed by atoms with Gasteiger partial charge in [-0.15, -0.1) is 11.3 Å². The summed E-state index contributed by atoms with van der Waals surface area (Å²) < 4.78 is 27.7. The molecule has 0 atom stereocenters. The van der Waals surface area contributed by atoms with Gasteiger partial charge in [-0.2, -0.15) is 0 Å². The number of nitrogen functional groups attached to an aromatic ring is 1. The Kier molecular flexibility index (Phi) is 3.76. The zero-order valence-corrected chi connectivity index (χ0v) is 12.2. The van der Waals surface area contributed by atoms with Crippen molar-refractivity contribution in [3.8, 4) is 0 Å². The molecule has 0 spiro atoms. The van der Waals surface area contributed by atoms with Crippen LogP contribution in [0.15, 0.2) is 18.2 Å². The first kappa shape index (κ1) is 14.2. The average molecular weight is 307 g/mol. The molecule has 2 aromatic rings. The first-order valence-electron chi connectivity index (χ1n) is 6.98. The molecule has 1 heterocycles. The number of nitrogens with two attached hydrogens (primary N) is 1. The number of hydrogen-bond donors (Lipinski definition) is 1. The molecule has 0 radical (unpaired) electrons. The largest absolute Gasteiger partial charge is 0.390 e.